The molecule has 1 aliphatic heterocycles. The van der Waals surface area contributed by atoms with Gasteiger partial charge in [-0.1, -0.05) is 6.07 Å². The molecule has 4 N–H and O–H groups in total. The summed E-state index contributed by atoms with van der Waals surface area (Å²) in [6.07, 6.45) is 0.835. The standard InChI is InChI=1S/C13H14FN5/c14-8-2-1-3-9(6-8)17-13-18-11-7-16-5-4-10(11)12(15)19-13/h1-3,6,16H,4-5,7H2,(H3,15,17,18,19). The maximum atomic E-state index is 13.1. The molecule has 0 spiro atoms. The maximum absolute atomic E-state index is 13.1. The fraction of sp³-hybridized carbons (Fsp3) is 0.231. The summed E-state index contributed by atoms with van der Waals surface area (Å²) < 4.78 is 13.1. The third kappa shape index (κ3) is 2.48. The first-order chi connectivity index (χ1) is 9.22. The molecular formula is C13H14FN5. The van der Waals surface area contributed by atoms with Crippen LogP contribution in [0.3, 0.4) is 0 Å². The Morgan fingerprint density at radius 1 is 1.32 bits per heavy atom. The number of aromatic nitrogens is 2. The van der Waals surface area contributed by atoms with E-state index in [-0.39, 0.29) is 5.82 Å². The largest absolute Gasteiger partial charge is 0.383 e. The Hall–Kier alpha value is -2.21. The molecule has 2 aromatic rings. The molecular weight excluding hydrogens is 245 g/mol. The predicted molar refractivity (Wildman–Crippen MR) is 71.5 cm³/mol. The predicted octanol–water partition coefficient (Wildman–Crippen LogP) is 1.59. The van der Waals surface area contributed by atoms with Crippen molar-refractivity contribution in [2.75, 3.05) is 17.6 Å². The van der Waals surface area contributed by atoms with Crippen molar-refractivity contribution in [1.82, 2.24) is 15.3 Å². The van der Waals surface area contributed by atoms with E-state index in [1.54, 1.807) is 12.1 Å². The second kappa shape index (κ2) is 4.81. The van der Waals surface area contributed by atoms with Crippen LogP contribution in [0.1, 0.15) is 11.3 Å². The first-order valence-corrected chi connectivity index (χ1v) is 6.11. The number of nitrogens with two attached hydrogens (primary N) is 1. The molecule has 0 bridgehead atoms. The zero-order valence-electron chi connectivity index (χ0n) is 10.3. The van der Waals surface area contributed by atoms with Crippen LogP contribution < -0.4 is 16.4 Å². The minimum atomic E-state index is -0.308. The molecule has 6 heteroatoms. The first-order valence-electron chi connectivity index (χ1n) is 6.11. The highest BCUT2D eigenvalue weighted by atomic mass is 19.1. The summed E-state index contributed by atoms with van der Waals surface area (Å²) in [5.74, 6) is 0.577. The molecule has 0 amide bonds. The van der Waals surface area contributed by atoms with Gasteiger partial charge in [0.2, 0.25) is 5.95 Å². The molecule has 1 aromatic carbocycles. The Morgan fingerprint density at radius 2 is 2.21 bits per heavy atom. The molecule has 1 aromatic heterocycles. The third-order valence-corrected chi connectivity index (χ3v) is 3.05. The number of anilines is 3. The summed E-state index contributed by atoms with van der Waals surface area (Å²) in [5, 5.41) is 6.20. The van der Waals surface area contributed by atoms with Crippen molar-refractivity contribution in [3.63, 3.8) is 0 Å². The summed E-state index contributed by atoms with van der Waals surface area (Å²) >= 11 is 0. The third-order valence-electron chi connectivity index (χ3n) is 3.05. The molecule has 2 heterocycles. The van der Waals surface area contributed by atoms with Crippen molar-refractivity contribution in [1.29, 1.82) is 0 Å². The lowest BCUT2D eigenvalue weighted by molar-refractivity contribution is 0.625. The van der Waals surface area contributed by atoms with E-state index in [4.69, 9.17) is 5.73 Å². The Morgan fingerprint density at radius 3 is 3.05 bits per heavy atom. The Balaban J connectivity index is 1.91. The van der Waals surface area contributed by atoms with E-state index < -0.39 is 0 Å². The van der Waals surface area contributed by atoms with Gasteiger partial charge in [0.15, 0.2) is 0 Å². The molecule has 0 radical (unpaired) electrons. The molecule has 0 unspecified atom stereocenters. The normalized spacial score (nSPS) is 13.9. The quantitative estimate of drug-likeness (QED) is 0.763. The Kier molecular flexibility index (Phi) is 3.00. The van der Waals surface area contributed by atoms with Crippen LogP contribution in [0.5, 0.6) is 0 Å². The van der Waals surface area contributed by atoms with Gasteiger partial charge >= 0.3 is 0 Å². The minimum Gasteiger partial charge on any atom is -0.383 e. The lowest BCUT2D eigenvalue weighted by atomic mass is 10.1. The SMILES string of the molecule is Nc1nc(Nc2cccc(F)c2)nc2c1CCNC2. The molecule has 0 fully saturated rings. The number of nitrogen functional groups attached to an aromatic ring is 1. The molecule has 0 saturated carbocycles. The van der Waals surface area contributed by atoms with Gasteiger partial charge in [0, 0.05) is 17.8 Å². The van der Waals surface area contributed by atoms with E-state index in [2.05, 4.69) is 20.6 Å². The van der Waals surface area contributed by atoms with Crippen LogP contribution in [0.4, 0.5) is 21.8 Å². The van der Waals surface area contributed by atoms with E-state index in [0.717, 1.165) is 24.2 Å². The molecule has 5 nitrogen and oxygen atoms in total. The van der Waals surface area contributed by atoms with Crippen molar-refractivity contribution < 1.29 is 4.39 Å². The number of nitrogens with zero attached hydrogens (tertiary/aromatic N) is 2. The second-order valence-electron chi connectivity index (χ2n) is 4.42. The van der Waals surface area contributed by atoms with Crippen molar-refractivity contribution in [3.05, 3.63) is 41.3 Å². The van der Waals surface area contributed by atoms with Crippen LogP contribution in [-0.2, 0) is 13.0 Å². The fourth-order valence-corrected chi connectivity index (χ4v) is 2.14. The zero-order chi connectivity index (χ0) is 13.2. The summed E-state index contributed by atoms with van der Waals surface area (Å²) in [4.78, 5) is 8.63. The highest BCUT2D eigenvalue weighted by molar-refractivity contribution is 5.56. The zero-order valence-corrected chi connectivity index (χ0v) is 10.3. The van der Waals surface area contributed by atoms with E-state index in [1.165, 1.54) is 12.1 Å². The highest BCUT2D eigenvalue weighted by Crippen LogP contribution is 2.21. The smallest absolute Gasteiger partial charge is 0.229 e. The average molecular weight is 259 g/mol. The molecule has 0 saturated heterocycles. The number of hydrogen-bond donors (Lipinski definition) is 3. The number of nitrogens with one attached hydrogen (secondary N) is 2. The number of fused-ring (bicyclic) bond motifs is 1. The lowest BCUT2D eigenvalue weighted by Gasteiger charge is -2.18. The van der Waals surface area contributed by atoms with E-state index in [1.807, 2.05) is 0 Å². The number of benzene rings is 1. The topological polar surface area (TPSA) is 75.9 Å². The van der Waals surface area contributed by atoms with E-state index in [0.29, 0.717) is 24.0 Å². The van der Waals surface area contributed by atoms with Gasteiger partial charge in [0.1, 0.15) is 11.6 Å². The van der Waals surface area contributed by atoms with Crippen molar-refractivity contribution in [2.24, 2.45) is 0 Å². The molecule has 1 aliphatic rings. The summed E-state index contributed by atoms with van der Waals surface area (Å²) in [5.41, 5.74) is 8.44. The fourth-order valence-electron chi connectivity index (χ4n) is 2.14. The van der Waals surface area contributed by atoms with E-state index in [9.17, 15) is 4.39 Å². The Labute approximate surface area is 110 Å². The van der Waals surface area contributed by atoms with Gasteiger partial charge < -0.3 is 16.4 Å². The maximum Gasteiger partial charge on any atom is 0.229 e. The van der Waals surface area contributed by atoms with Gasteiger partial charge in [-0.15, -0.1) is 0 Å². The highest BCUT2D eigenvalue weighted by Gasteiger charge is 2.15. The van der Waals surface area contributed by atoms with Crippen LogP contribution >= 0.6 is 0 Å². The minimum absolute atomic E-state index is 0.308. The summed E-state index contributed by atoms with van der Waals surface area (Å²) in [7, 11) is 0. The monoisotopic (exact) mass is 259 g/mol. The summed E-state index contributed by atoms with van der Waals surface area (Å²) in [6.45, 7) is 1.57. The molecule has 19 heavy (non-hydrogen) atoms. The molecule has 98 valence electrons. The number of hydrogen-bond acceptors (Lipinski definition) is 5. The van der Waals surface area contributed by atoms with Crippen molar-refractivity contribution >= 4 is 17.5 Å². The van der Waals surface area contributed by atoms with Crippen LogP contribution in [-0.4, -0.2) is 16.5 Å². The molecule has 0 atom stereocenters. The van der Waals surface area contributed by atoms with Gasteiger partial charge in [-0.25, -0.2) is 9.37 Å². The van der Waals surface area contributed by atoms with Crippen LogP contribution in [0.2, 0.25) is 0 Å². The van der Waals surface area contributed by atoms with Crippen LogP contribution in [0.25, 0.3) is 0 Å². The van der Waals surface area contributed by atoms with E-state index >= 15 is 0 Å². The van der Waals surface area contributed by atoms with Gasteiger partial charge in [0.25, 0.3) is 0 Å². The number of rotatable bonds is 2. The van der Waals surface area contributed by atoms with Crippen LogP contribution in [0.15, 0.2) is 24.3 Å². The lowest BCUT2D eigenvalue weighted by Crippen LogP contribution is -2.26. The van der Waals surface area contributed by atoms with Gasteiger partial charge in [-0.3, -0.25) is 0 Å². The van der Waals surface area contributed by atoms with Crippen molar-refractivity contribution in [2.45, 2.75) is 13.0 Å². The number of halogens is 1. The van der Waals surface area contributed by atoms with Gasteiger partial charge in [-0.05, 0) is 31.2 Å². The van der Waals surface area contributed by atoms with Crippen LogP contribution in [0, 0.1) is 5.82 Å². The summed E-state index contributed by atoms with van der Waals surface area (Å²) in [6, 6.07) is 6.15. The second-order valence-corrected chi connectivity index (χ2v) is 4.42. The average Bonchev–Trinajstić information content (AvgIpc) is 2.39. The van der Waals surface area contributed by atoms with Gasteiger partial charge in [0.05, 0.1) is 5.69 Å². The molecule has 3 rings (SSSR count). The molecule has 0 aliphatic carbocycles. The first kappa shape index (κ1) is 11.9. The Bertz CT molecular complexity index is 614. The van der Waals surface area contributed by atoms with Gasteiger partial charge in [-0.2, -0.15) is 4.98 Å². The van der Waals surface area contributed by atoms with Crippen molar-refractivity contribution in [3.8, 4) is 0 Å².